The Labute approximate surface area is 157 Å². The average molecular weight is 394 g/mol. The maximum atomic E-state index is 12.1. The number of rotatable bonds is 6. The Morgan fingerprint density at radius 1 is 1.15 bits per heavy atom. The highest BCUT2D eigenvalue weighted by atomic mass is 35.7. The zero-order chi connectivity index (χ0) is 18.7. The number of hydrogen-bond donors (Lipinski definition) is 1. The van der Waals surface area contributed by atoms with E-state index in [1.165, 1.54) is 7.11 Å². The molecule has 138 valence electrons. The number of anilines is 1. The molecule has 1 aliphatic carbocycles. The van der Waals surface area contributed by atoms with Gasteiger partial charge >= 0.3 is 5.97 Å². The van der Waals surface area contributed by atoms with E-state index in [9.17, 15) is 13.2 Å². The number of benzene rings is 2. The molecule has 2 aromatic carbocycles. The van der Waals surface area contributed by atoms with Crippen LogP contribution in [0.3, 0.4) is 0 Å². The Kier molecular flexibility index (Phi) is 5.53. The summed E-state index contributed by atoms with van der Waals surface area (Å²) < 4.78 is 27.6. The normalized spacial score (nSPS) is 19.5. The van der Waals surface area contributed by atoms with Crippen molar-refractivity contribution >= 4 is 31.4 Å². The van der Waals surface area contributed by atoms with E-state index in [1.54, 1.807) is 6.07 Å². The van der Waals surface area contributed by atoms with Crippen molar-refractivity contribution < 1.29 is 17.9 Å². The van der Waals surface area contributed by atoms with Gasteiger partial charge in [-0.1, -0.05) is 36.4 Å². The van der Waals surface area contributed by atoms with E-state index in [1.807, 2.05) is 42.5 Å². The molecular weight excluding hydrogens is 374 g/mol. The van der Waals surface area contributed by atoms with Gasteiger partial charge in [0, 0.05) is 22.4 Å². The first kappa shape index (κ1) is 18.7. The van der Waals surface area contributed by atoms with Crippen molar-refractivity contribution in [3.05, 3.63) is 54.1 Å². The minimum atomic E-state index is -3.55. The summed E-state index contributed by atoms with van der Waals surface area (Å²) in [5.41, 5.74) is 3.05. The molecule has 1 saturated carbocycles. The third-order valence-corrected chi connectivity index (χ3v) is 5.91. The number of nitrogens with one attached hydrogen (secondary N) is 1. The van der Waals surface area contributed by atoms with E-state index in [-0.39, 0.29) is 17.7 Å². The van der Waals surface area contributed by atoms with Crippen LogP contribution in [-0.4, -0.2) is 33.3 Å². The minimum Gasteiger partial charge on any atom is -0.465 e. The van der Waals surface area contributed by atoms with Crippen molar-refractivity contribution in [2.75, 3.05) is 18.2 Å². The van der Waals surface area contributed by atoms with Crippen LogP contribution in [0.4, 0.5) is 5.69 Å². The number of carbonyl (C=O) groups excluding carboxylic acids is 1. The Bertz CT molecular complexity index is 899. The van der Waals surface area contributed by atoms with Crippen molar-refractivity contribution in [1.29, 1.82) is 0 Å². The molecule has 0 radical (unpaired) electrons. The van der Waals surface area contributed by atoms with Crippen LogP contribution >= 0.6 is 10.7 Å². The van der Waals surface area contributed by atoms with Gasteiger partial charge in [0.05, 0.1) is 18.4 Å². The van der Waals surface area contributed by atoms with Crippen molar-refractivity contribution in [2.45, 2.75) is 18.9 Å². The predicted octanol–water partition coefficient (Wildman–Crippen LogP) is 3.90. The molecule has 0 aromatic heterocycles. The number of hydrogen-bond acceptors (Lipinski definition) is 5. The summed E-state index contributed by atoms with van der Waals surface area (Å²) >= 11 is 0. The van der Waals surface area contributed by atoms with Crippen LogP contribution in [0.15, 0.2) is 48.5 Å². The molecule has 1 N–H and O–H groups in total. The second-order valence-corrected chi connectivity index (χ2v) is 9.23. The minimum absolute atomic E-state index is 0.0436. The number of methoxy groups -OCH3 is 1. The molecule has 0 aliphatic heterocycles. The average Bonchev–Trinajstić information content (AvgIpc) is 2.62. The van der Waals surface area contributed by atoms with Crippen LogP contribution in [0.25, 0.3) is 11.1 Å². The highest BCUT2D eigenvalue weighted by Crippen LogP contribution is 2.35. The fraction of sp³-hybridized carbons (Fsp3) is 0.316. The summed E-state index contributed by atoms with van der Waals surface area (Å²) in [5, 5.41) is 3.32. The number of halogens is 1. The summed E-state index contributed by atoms with van der Waals surface area (Å²) in [7, 11) is 3.17. The molecule has 0 saturated heterocycles. The molecule has 0 heterocycles. The monoisotopic (exact) mass is 393 g/mol. The van der Waals surface area contributed by atoms with Crippen LogP contribution in [0.1, 0.15) is 23.2 Å². The highest BCUT2D eigenvalue weighted by molar-refractivity contribution is 8.13. The molecule has 0 spiro atoms. The largest absolute Gasteiger partial charge is 0.465 e. The van der Waals surface area contributed by atoms with Gasteiger partial charge in [-0.2, -0.15) is 0 Å². The lowest BCUT2D eigenvalue weighted by Crippen LogP contribution is -2.41. The Balaban J connectivity index is 1.89. The molecule has 2 atom stereocenters. The molecule has 3 rings (SSSR count). The van der Waals surface area contributed by atoms with Gasteiger partial charge in [-0.15, -0.1) is 0 Å². The molecule has 2 aromatic rings. The van der Waals surface area contributed by atoms with Crippen LogP contribution in [0.2, 0.25) is 0 Å². The van der Waals surface area contributed by atoms with Crippen molar-refractivity contribution in [3.8, 4) is 11.1 Å². The summed E-state index contributed by atoms with van der Waals surface area (Å²) in [6.45, 7) is 0. The van der Waals surface area contributed by atoms with Crippen molar-refractivity contribution in [2.24, 2.45) is 5.92 Å². The van der Waals surface area contributed by atoms with E-state index in [2.05, 4.69) is 5.32 Å². The zero-order valence-corrected chi connectivity index (χ0v) is 15.9. The Morgan fingerprint density at radius 3 is 2.46 bits per heavy atom. The third-order valence-electron chi connectivity index (χ3n) is 4.70. The number of carbonyl (C=O) groups is 1. The topological polar surface area (TPSA) is 72.5 Å². The van der Waals surface area contributed by atoms with Gasteiger partial charge in [0.25, 0.3) is 0 Å². The second kappa shape index (κ2) is 7.68. The van der Waals surface area contributed by atoms with Crippen LogP contribution in [-0.2, 0) is 13.8 Å². The van der Waals surface area contributed by atoms with Gasteiger partial charge in [0.1, 0.15) is 0 Å². The first-order valence-corrected chi connectivity index (χ1v) is 10.8. The predicted molar refractivity (Wildman–Crippen MR) is 103 cm³/mol. The van der Waals surface area contributed by atoms with Gasteiger partial charge in [-0.3, -0.25) is 0 Å². The van der Waals surface area contributed by atoms with Crippen LogP contribution in [0, 0.1) is 5.92 Å². The van der Waals surface area contributed by atoms with E-state index >= 15 is 0 Å². The van der Waals surface area contributed by atoms with E-state index in [0.29, 0.717) is 11.3 Å². The molecule has 5 nitrogen and oxygen atoms in total. The molecule has 1 aliphatic rings. The fourth-order valence-corrected chi connectivity index (χ4v) is 4.57. The van der Waals surface area contributed by atoms with Gasteiger partial charge in [-0.05, 0) is 42.0 Å². The molecule has 26 heavy (non-hydrogen) atoms. The standard InChI is InChI=1S/C19H20ClNO4S/c1-25-19(22)16-9-7-14(13-5-3-2-4-6-13)11-18(16)21-17-10-8-15(17)12-26(20,23)24/h2-7,9,11,15,17,21H,8,10,12H2,1H3. The lowest BCUT2D eigenvalue weighted by atomic mass is 9.80. The summed E-state index contributed by atoms with van der Waals surface area (Å²) in [6, 6.07) is 15.3. The molecule has 0 amide bonds. The smallest absolute Gasteiger partial charge is 0.339 e. The second-order valence-electron chi connectivity index (χ2n) is 6.41. The van der Waals surface area contributed by atoms with Crippen molar-refractivity contribution in [3.63, 3.8) is 0 Å². The molecule has 1 fully saturated rings. The van der Waals surface area contributed by atoms with Gasteiger partial charge < -0.3 is 10.1 Å². The number of esters is 1. The Hall–Kier alpha value is -2.05. The molecule has 0 bridgehead atoms. The van der Waals surface area contributed by atoms with E-state index in [0.717, 1.165) is 24.0 Å². The zero-order valence-electron chi connectivity index (χ0n) is 14.3. The number of ether oxygens (including phenoxy) is 1. The lowest BCUT2D eigenvalue weighted by molar-refractivity contribution is 0.0601. The van der Waals surface area contributed by atoms with Crippen molar-refractivity contribution in [1.82, 2.24) is 0 Å². The van der Waals surface area contributed by atoms with Gasteiger partial charge in [0.15, 0.2) is 0 Å². The highest BCUT2D eigenvalue weighted by Gasteiger charge is 2.34. The van der Waals surface area contributed by atoms with Gasteiger partial charge in [0.2, 0.25) is 9.05 Å². The Morgan fingerprint density at radius 2 is 1.88 bits per heavy atom. The first-order valence-electron chi connectivity index (χ1n) is 8.34. The van der Waals surface area contributed by atoms with E-state index < -0.39 is 15.0 Å². The summed E-state index contributed by atoms with van der Waals surface area (Å²) in [6.07, 6.45) is 1.61. The SMILES string of the molecule is COC(=O)c1ccc(-c2ccccc2)cc1NC1CCC1CS(=O)(=O)Cl. The summed E-state index contributed by atoms with van der Waals surface area (Å²) in [4.78, 5) is 12.1. The maximum absolute atomic E-state index is 12.1. The van der Waals surface area contributed by atoms with Crippen LogP contribution in [0.5, 0.6) is 0 Å². The molecule has 7 heteroatoms. The maximum Gasteiger partial charge on any atom is 0.339 e. The molecular formula is C19H20ClNO4S. The quantitative estimate of drug-likeness (QED) is 0.595. The van der Waals surface area contributed by atoms with Crippen LogP contribution < -0.4 is 5.32 Å². The van der Waals surface area contributed by atoms with E-state index in [4.69, 9.17) is 15.4 Å². The summed E-state index contributed by atoms with van der Waals surface area (Å²) in [5.74, 6) is -0.575. The van der Waals surface area contributed by atoms with Gasteiger partial charge in [-0.25, -0.2) is 13.2 Å². The molecule has 2 unspecified atom stereocenters. The fourth-order valence-electron chi connectivity index (χ4n) is 3.18. The first-order chi connectivity index (χ1) is 12.4. The third kappa shape index (κ3) is 4.37. The lowest BCUT2D eigenvalue weighted by Gasteiger charge is -2.37.